The molecule has 1 saturated heterocycles. The number of nitrogens with zero attached hydrogens (tertiary/aromatic N) is 5. The van der Waals surface area contributed by atoms with E-state index >= 15 is 8.78 Å². The number of halogens is 3. The molecule has 2 fully saturated rings. The first-order chi connectivity index (χ1) is 17.4. The highest BCUT2D eigenvalue weighted by Crippen LogP contribution is 2.42. The molecule has 1 atom stereocenters. The van der Waals surface area contributed by atoms with Crippen molar-refractivity contribution in [3.05, 3.63) is 71.2 Å². The van der Waals surface area contributed by atoms with Gasteiger partial charge in [0.2, 0.25) is 0 Å². The van der Waals surface area contributed by atoms with Crippen molar-refractivity contribution in [1.29, 1.82) is 5.26 Å². The van der Waals surface area contributed by atoms with E-state index in [9.17, 15) is 4.39 Å². The van der Waals surface area contributed by atoms with Crippen molar-refractivity contribution < 1.29 is 13.2 Å². The third kappa shape index (κ3) is 3.78. The predicted molar refractivity (Wildman–Crippen MR) is 130 cm³/mol. The molecule has 2 aliphatic rings. The molecule has 9 heteroatoms. The maximum absolute atomic E-state index is 15.5. The molecule has 1 aliphatic heterocycles. The molecule has 0 radical (unpaired) electrons. The number of hydrogen-bond donors (Lipinski definition) is 1. The molecule has 2 aromatic carbocycles. The zero-order valence-corrected chi connectivity index (χ0v) is 19.4. The Morgan fingerprint density at radius 1 is 1.00 bits per heavy atom. The minimum Gasteiger partial charge on any atom is -0.368 e. The van der Waals surface area contributed by atoms with Gasteiger partial charge in [-0.25, -0.2) is 23.1 Å². The van der Waals surface area contributed by atoms with Gasteiger partial charge in [-0.05, 0) is 73.6 Å². The fourth-order valence-corrected chi connectivity index (χ4v) is 5.05. The Bertz CT molecular complexity index is 1510. The first-order valence-corrected chi connectivity index (χ1v) is 12.0. The summed E-state index contributed by atoms with van der Waals surface area (Å²) in [6.45, 7) is 1.38. The number of anilines is 1. The van der Waals surface area contributed by atoms with E-state index < -0.39 is 17.5 Å². The zero-order valence-electron chi connectivity index (χ0n) is 19.4. The van der Waals surface area contributed by atoms with Gasteiger partial charge >= 0.3 is 0 Å². The van der Waals surface area contributed by atoms with Crippen molar-refractivity contribution in [2.24, 2.45) is 5.73 Å². The van der Waals surface area contributed by atoms with Gasteiger partial charge in [0.15, 0.2) is 17.3 Å². The Morgan fingerprint density at radius 2 is 1.78 bits per heavy atom. The van der Waals surface area contributed by atoms with Crippen LogP contribution >= 0.6 is 0 Å². The number of aromatic nitrogens is 3. The summed E-state index contributed by atoms with van der Waals surface area (Å²) < 4.78 is 47.0. The van der Waals surface area contributed by atoms with E-state index in [1.807, 2.05) is 6.07 Å². The van der Waals surface area contributed by atoms with Crippen molar-refractivity contribution >= 4 is 16.9 Å². The van der Waals surface area contributed by atoms with Crippen LogP contribution in [0.3, 0.4) is 0 Å². The fraction of sp³-hybridized carbons (Fsp3) is 0.296. The second kappa shape index (κ2) is 8.64. The summed E-state index contributed by atoms with van der Waals surface area (Å²) in [5.41, 5.74) is 8.10. The quantitative estimate of drug-likeness (QED) is 0.428. The van der Waals surface area contributed by atoms with Crippen molar-refractivity contribution in [3.63, 3.8) is 0 Å². The van der Waals surface area contributed by atoms with Crippen LogP contribution in [0.1, 0.15) is 42.7 Å². The van der Waals surface area contributed by atoms with Crippen LogP contribution < -0.4 is 10.6 Å². The second-order valence-electron chi connectivity index (χ2n) is 9.54. The van der Waals surface area contributed by atoms with Gasteiger partial charge in [-0.3, -0.25) is 4.57 Å². The number of hydrogen-bond acceptors (Lipinski definition) is 5. The number of rotatable bonds is 4. The van der Waals surface area contributed by atoms with E-state index in [0.29, 0.717) is 17.6 Å². The summed E-state index contributed by atoms with van der Waals surface area (Å²) in [4.78, 5) is 11.3. The molecule has 0 spiro atoms. The lowest BCUT2D eigenvalue weighted by atomic mass is 10.1. The minimum absolute atomic E-state index is 0.000926. The number of fused-ring (bicyclic) bond motifs is 1. The molecule has 1 aliphatic carbocycles. The second-order valence-corrected chi connectivity index (χ2v) is 9.54. The smallest absolute Gasteiger partial charge is 0.167 e. The van der Waals surface area contributed by atoms with Crippen LogP contribution in [0.5, 0.6) is 0 Å². The first-order valence-electron chi connectivity index (χ1n) is 12.0. The van der Waals surface area contributed by atoms with Gasteiger partial charge in [0.25, 0.3) is 0 Å². The molecular formula is C27H23F3N6. The molecule has 6 rings (SSSR count). The minimum atomic E-state index is -0.742. The average molecular weight is 489 g/mol. The standard InChI is InChI=1S/C27H23F3N6/c28-20-10-16(5-6-17(20)13-31)26-34-24-23(35-9-1-2-19(32)14-35)7-8-33-27(24)36(26)25-21(29)11-18(12-22(25)30)15-3-4-15/h5-8,10-12,15,19H,1-4,9,14,32H2. The molecule has 1 unspecified atom stereocenters. The van der Waals surface area contributed by atoms with Gasteiger partial charge in [0.05, 0.1) is 11.3 Å². The lowest BCUT2D eigenvalue weighted by Crippen LogP contribution is -2.42. The molecule has 2 aromatic heterocycles. The fourth-order valence-electron chi connectivity index (χ4n) is 5.05. The van der Waals surface area contributed by atoms with Crippen molar-refractivity contribution in [3.8, 4) is 23.1 Å². The van der Waals surface area contributed by atoms with E-state index in [4.69, 9.17) is 16.0 Å². The van der Waals surface area contributed by atoms with E-state index in [0.717, 1.165) is 44.0 Å². The predicted octanol–water partition coefficient (Wildman–Crippen LogP) is 5.18. The summed E-state index contributed by atoms with van der Waals surface area (Å²) in [5.74, 6) is -1.92. The van der Waals surface area contributed by atoms with Gasteiger partial charge in [0.1, 0.15) is 28.9 Å². The molecule has 2 N–H and O–H groups in total. The Labute approximate surface area is 205 Å². The van der Waals surface area contributed by atoms with E-state index in [-0.39, 0.29) is 40.2 Å². The van der Waals surface area contributed by atoms with E-state index in [2.05, 4.69) is 9.88 Å². The lowest BCUT2D eigenvalue weighted by molar-refractivity contribution is 0.507. The largest absolute Gasteiger partial charge is 0.368 e. The van der Waals surface area contributed by atoms with Crippen molar-refractivity contribution in [1.82, 2.24) is 14.5 Å². The van der Waals surface area contributed by atoms with Crippen molar-refractivity contribution in [2.75, 3.05) is 18.0 Å². The normalized spacial score (nSPS) is 18.0. The van der Waals surface area contributed by atoms with Crippen LogP contribution in [0.25, 0.3) is 28.2 Å². The summed E-state index contributed by atoms with van der Waals surface area (Å²) in [7, 11) is 0. The third-order valence-electron chi connectivity index (χ3n) is 6.98. The zero-order chi connectivity index (χ0) is 25.0. The SMILES string of the molecule is N#Cc1ccc(-c2nc3c(N4CCCC(N)C4)ccnc3n2-c2c(F)cc(C3CC3)cc2F)cc1F. The molecule has 6 nitrogen and oxygen atoms in total. The Hall–Kier alpha value is -3.90. The maximum Gasteiger partial charge on any atom is 0.167 e. The number of piperidine rings is 1. The van der Waals surface area contributed by atoms with Crippen LogP contribution in [0, 0.1) is 28.8 Å². The third-order valence-corrected chi connectivity index (χ3v) is 6.98. The van der Waals surface area contributed by atoms with Crippen LogP contribution in [0.15, 0.2) is 42.6 Å². The van der Waals surface area contributed by atoms with Crippen LogP contribution in [-0.4, -0.2) is 33.7 Å². The van der Waals surface area contributed by atoms with E-state index in [1.54, 1.807) is 12.3 Å². The molecule has 1 saturated carbocycles. The Morgan fingerprint density at radius 3 is 2.44 bits per heavy atom. The Balaban J connectivity index is 1.61. The van der Waals surface area contributed by atoms with E-state index in [1.165, 1.54) is 28.8 Å². The molecular weight excluding hydrogens is 465 g/mol. The number of nitrogens with two attached hydrogens (primary N) is 1. The molecule has 182 valence electrons. The summed E-state index contributed by atoms with van der Waals surface area (Å²) in [5, 5.41) is 9.14. The monoisotopic (exact) mass is 488 g/mol. The van der Waals surface area contributed by atoms with Gasteiger partial charge in [-0.15, -0.1) is 0 Å². The lowest BCUT2D eigenvalue weighted by Gasteiger charge is -2.32. The topological polar surface area (TPSA) is 83.8 Å². The first kappa shape index (κ1) is 22.6. The highest BCUT2D eigenvalue weighted by Gasteiger charge is 2.29. The number of nitriles is 1. The molecule has 0 amide bonds. The van der Waals surface area contributed by atoms with Crippen molar-refractivity contribution in [2.45, 2.75) is 37.6 Å². The van der Waals surface area contributed by atoms with Gasteiger partial charge in [0, 0.05) is 30.9 Å². The average Bonchev–Trinajstić information content (AvgIpc) is 3.65. The van der Waals surface area contributed by atoms with Crippen LogP contribution in [0.2, 0.25) is 0 Å². The number of imidazole rings is 1. The molecule has 3 heterocycles. The molecule has 4 aromatic rings. The summed E-state index contributed by atoms with van der Waals surface area (Å²) >= 11 is 0. The highest BCUT2D eigenvalue weighted by atomic mass is 19.1. The summed E-state index contributed by atoms with van der Waals surface area (Å²) in [6, 6.07) is 10.3. The number of pyridine rings is 1. The van der Waals surface area contributed by atoms with Crippen LogP contribution in [0.4, 0.5) is 18.9 Å². The Kier molecular flexibility index (Phi) is 5.41. The van der Waals surface area contributed by atoms with Gasteiger partial charge in [-0.1, -0.05) is 0 Å². The van der Waals surface area contributed by atoms with Crippen LogP contribution in [-0.2, 0) is 0 Å². The maximum atomic E-state index is 15.5. The molecule has 36 heavy (non-hydrogen) atoms. The van der Waals surface area contributed by atoms with Gasteiger partial charge in [-0.2, -0.15) is 5.26 Å². The number of benzene rings is 2. The van der Waals surface area contributed by atoms with Gasteiger partial charge < -0.3 is 10.6 Å². The summed E-state index contributed by atoms with van der Waals surface area (Å²) in [6.07, 6.45) is 5.22. The molecule has 0 bridgehead atoms. The highest BCUT2D eigenvalue weighted by molar-refractivity contribution is 5.90.